The number of aryl methyl sites for hydroxylation is 1. The van der Waals surface area contributed by atoms with Crippen molar-refractivity contribution >= 4 is 32.6 Å². The lowest BCUT2D eigenvalue weighted by atomic mass is 10.2. The summed E-state index contributed by atoms with van der Waals surface area (Å²) in [6.45, 7) is 3.12. The molecule has 0 unspecified atom stereocenters. The van der Waals surface area contributed by atoms with Crippen LogP contribution in [0.5, 0.6) is 0 Å². The summed E-state index contributed by atoms with van der Waals surface area (Å²) in [4.78, 5) is 12.7. The van der Waals surface area contributed by atoms with E-state index in [0.717, 1.165) is 5.39 Å². The summed E-state index contributed by atoms with van der Waals surface area (Å²) in [5.74, 6) is -0.269. The van der Waals surface area contributed by atoms with Gasteiger partial charge >= 0.3 is 0 Å². The quantitative estimate of drug-likeness (QED) is 0.727. The van der Waals surface area contributed by atoms with Crippen LogP contribution in [-0.4, -0.2) is 44.9 Å². The zero-order valence-corrected chi connectivity index (χ0v) is 16.2. The lowest BCUT2D eigenvalue weighted by molar-refractivity contribution is 0.0730. The number of morpholine rings is 1. The van der Waals surface area contributed by atoms with E-state index in [9.17, 15) is 13.2 Å². The third kappa shape index (κ3) is 3.54. The predicted molar refractivity (Wildman–Crippen MR) is 105 cm³/mol. The predicted octanol–water partition coefficient (Wildman–Crippen LogP) is 3.01. The van der Waals surface area contributed by atoms with Crippen molar-refractivity contribution in [3.8, 4) is 0 Å². The van der Waals surface area contributed by atoms with Crippen LogP contribution in [0.15, 0.2) is 57.8 Å². The van der Waals surface area contributed by atoms with E-state index in [-0.39, 0.29) is 10.7 Å². The Bertz CT molecular complexity index is 1100. The maximum atomic E-state index is 13.0. The van der Waals surface area contributed by atoms with Crippen LogP contribution in [0.25, 0.3) is 11.0 Å². The van der Waals surface area contributed by atoms with Gasteiger partial charge in [-0.05, 0) is 36.8 Å². The van der Waals surface area contributed by atoms with E-state index in [2.05, 4.69) is 5.32 Å². The van der Waals surface area contributed by atoms with Gasteiger partial charge in [-0.25, -0.2) is 8.42 Å². The van der Waals surface area contributed by atoms with E-state index >= 15 is 0 Å². The average molecular weight is 400 g/mol. The van der Waals surface area contributed by atoms with Gasteiger partial charge < -0.3 is 14.5 Å². The topological polar surface area (TPSA) is 88.8 Å². The van der Waals surface area contributed by atoms with E-state index in [1.807, 2.05) is 18.2 Å². The number of para-hydroxylation sites is 1. The van der Waals surface area contributed by atoms with Crippen LogP contribution in [-0.2, 0) is 14.8 Å². The number of furan rings is 1. The molecule has 28 heavy (non-hydrogen) atoms. The fraction of sp³-hybridized carbons (Fsp3) is 0.250. The minimum Gasteiger partial charge on any atom is -0.451 e. The Morgan fingerprint density at radius 2 is 1.82 bits per heavy atom. The zero-order chi connectivity index (χ0) is 19.7. The van der Waals surface area contributed by atoms with E-state index < -0.39 is 15.9 Å². The van der Waals surface area contributed by atoms with Crippen LogP contribution >= 0.6 is 0 Å². The minimum atomic E-state index is -3.66. The first-order valence-corrected chi connectivity index (χ1v) is 10.4. The van der Waals surface area contributed by atoms with E-state index in [1.54, 1.807) is 31.2 Å². The summed E-state index contributed by atoms with van der Waals surface area (Å²) in [6.07, 6.45) is 0. The maximum absolute atomic E-state index is 13.0. The van der Waals surface area contributed by atoms with E-state index in [0.29, 0.717) is 43.1 Å². The molecule has 3 aromatic rings. The number of hydrogen-bond acceptors (Lipinski definition) is 5. The van der Waals surface area contributed by atoms with Crippen LogP contribution in [0.3, 0.4) is 0 Å². The summed E-state index contributed by atoms with van der Waals surface area (Å²) >= 11 is 0. The molecule has 0 atom stereocenters. The van der Waals surface area contributed by atoms with Crippen molar-refractivity contribution in [3.05, 3.63) is 59.9 Å². The molecule has 0 radical (unpaired) electrons. The molecule has 2 heterocycles. The maximum Gasteiger partial charge on any atom is 0.291 e. The highest BCUT2D eigenvalue weighted by Gasteiger charge is 2.28. The molecule has 4 rings (SSSR count). The van der Waals surface area contributed by atoms with Gasteiger partial charge in [0.1, 0.15) is 5.58 Å². The molecule has 7 nitrogen and oxygen atoms in total. The molecule has 1 aliphatic heterocycles. The van der Waals surface area contributed by atoms with Crippen molar-refractivity contribution < 1.29 is 22.4 Å². The monoisotopic (exact) mass is 400 g/mol. The number of benzene rings is 2. The fourth-order valence-corrected chi connectivity index (χ4v) is 4.83. The highest BCUT2D eigenvalue weighted by Crippen LogP contribution is 2.25. The molecule has 146 valence electrons. The summed E-state index contributed by atoms with van der Waals surface area (Å²) in [5, 5.41) is 3.55. The van der Waals surface area contributed by atoms with Crippen LogP contribution in [0.2, 0.25) is 0 Å². The molecule has 1 aromatic heterocycles. The van der Waals surface area contributed by atoms with Gasteiger partial charge in [-0.2, -0.15) is 4.31 Å². The molecule has 0 aliphatic carbocycles. The Morgan fingerprint density at radius 1 is 1.07 bits per heavy atom. The lowest BCUT2D eigenvalue weighted by Crippen LogP contribution is -2.40. The SMILES string of the molecule is Cc1ccc(NC(=O)c2cc3ccccc3o2)cc1S(=O)(=O)N1CCOCC1. The summed E-state index contributed by atoms with van der Waals surface area (Å²) < 4.78 is 38.2. The number of ether oxygens (including phenoxy) is 1. The Hall–Kier alpha value is -2.68. The Labute approximate surface area is 162 Å². The minimum absolute atomic E-state index is 0.166. The average Bonchev–Trinajstić information content (AvgIpc) is 3.14. The second kappa shape index (κ2) is 7.38. The van der Waals surface area contributed by atoms with Gasteiger partial charge in [-0.15, -0.1) is 0 Å². The van der Waals surface area contributed by atoms with Gasteiger partial charge in [0, 0.05) is 24.2 Å². The molecule has 2 aromatic carbocycles. The van der Waals surface area contributed by atoms with Gasteiger partial charge in [0.2, 0.25) is 10.0 Å². The first-order valence-electron chi connectivity index (χ1n) is 8.93. The molecule has 0 bridgehead atoms. The molecule has 1 fully saturated rings. The van der Waals surface area contributed by atoms with E-state index in [4.69, 9.17) is 9.15 Å². The molecule has 8 heteroatoms. The van der Waals surface area contributed by atoms with Gasteiger partial charge in [-0.3, -0.25) is 4.79 Å². The van der Waals surface area contributed by atoms with Crippen LogP contribution in [0.1, 0.15) is 16.1 Å². The molecule has 1 aliphatic rings. The smallest absolute Gasteiger partial charge is 0.291 e. The largest absolute Gasteiger partial charge is 0.451 e. The van der Waals surface area contributed by atoms with Gasteiger partial charge in [0.25, 0.3) is 5.91 Å². The van der Waals surface area contributed by atoms with Crippen molar-refractivity contribution in [1.29, 1.82) is 0 Å². The lowest BCUT2D eigenvalue weighted by Gasteiger charge is -2.26. The second-order valence-electron chi connectivity index (χ2n) is 6.60. The molecular formula is C20H20N2O5S. The third-order valence-electron chi connectivity index (χ3n) is 4.68. The zero-order valence-electron chi connectivity index (χ0n) is 15.3. The van der Waals surface area contributed by atoms with E-state index in [1.165, 1.54) is 10.4 Å². The Balaban J connectivity index is 1.60. The number of carbonyl (C=O) groups is 1. The highest BCUT2D eigenvalue weighted by molar-refractivity contribution is 7.89. The first-order chi connectivity index (χ1) is 13.4. The van der Waals surface area contributed by atoms with Gasteiger partial charge in [0.05, 0.1) is 18.1 Å². The van der Waals surface area contributed by atoms with Crippen molar-refractivity contribution in [3.63, 3.8) is 0 Å². The molecular weight excluding hydrogens is 380 g/mol. The molecule has 0 spiro atoms. The number of nitrogens with one attached hydrogen (secondary N) is 1. The molecule has 1 saturated heterocycles. The number of hydrogen-bond donors (Lipinski definition) is 1. The number of carbonyl (C=O) groups excluding carboxylic acids is 1. The number of sulfonamides is 1. The van der Waals surface area contributed by atoms with Gasteiger partial charge in [0.15, 0.2) is 5.76 Å². The van der Waals surface area contributed by atoms with Crippen molar-refractivity contribution in [2.24, 2.45) is 0 Å². The molecule has 0 saturated carbocycles. The van der Waals surface area contributed by atoms with Crippen LogP contribution in [0.4, 0.5) is 5.69 Å². The summed E-state index contributed by atoms with van der Waals surface area (Å²) in [7, 11) is -3.66. The van der Waals surface area contributed by atoms with Crippen molar-refractivity contribution in [1.82, 2.24) is 4.31 Å². The number of fused-ring (bicyclic) bond motifs is 1. The van der Waals surface area contributed by atoms with Crippen LogP contribution < -0.4 is 5.32 Å². The van der Waals surface area contributed by atoms with Crippen LogP contribution in [0, 0.1) is 6.92 Å². The summed E-state index contributed by atoms with van der Waals surface area (Å²) in [5.41, 5.74) is 1.63. The number of rotatable bonds is 4. The second-order valence-corrected chi connectivity index (χ2v) is 8.51. The Kier molecular flexibility index (Phi) is 4.92. The molecule has 1 N–H and O–H groups in total. The number of amides is 1. The summed E-state index contributed by atoms with van der Waals surface area (Å²) in [6, 6.07) is 13.8. The highest BCUT2D eigenvalue weighted by atomic mass is 32.2. The van der Waals surface area contributed by atoms with Crippen molar-refractivity contribution in [2.75, 3.05) is 31.6 Å². The van der Waals surface area contributed by atoms with Gasteiger partial charge in [-0.1, -0.05) is 24.3 Å². The normalized spacial score (nSPS) is 15.6. The fourth-order valence-electron chi connectivity index (χ4n) is 3.17. The number of nitrogens with zero attached hydrogens (tertiary/aromatic N) is 1. The first kappa shape index (κ1) is 18.7. The van der Waals surface area contributed by atoms with Crippen molar-refractivity contribution in [2.45, 2.75) is 11.8 Å². The third-order valence-corrected chi connectivity index (χ3v) is 6.72. The standard InChI is InChI=1S/C20H20N2O5S/c1-14-6-7-16(13-19(14)28(24,25)22-8-10-26-11-9-22)21-20(23)18-12-15-4-2-3-5-17(15)27-18/h2-7,12-13H,8-11H2,1H3,(H,21,23). The molecule has 1 amide bonds. The Morgan fingerprint density at radius 3 is 2.57 bits per heavy atom. The number of anilines is 1.